The van der Waals surface area contributed by atoms with Crippen LogP contribution in [0.2, 0.25) is 0 Å². The van der Waals surface area contributed by atoms with Crippen LogP contribution in [0.3, 0.4) is 0 Å². The monoisotopic (exact) mass is 424 g/mol. The first-order valence-corrected chi connectivity index (χ1v) is 10.2. The smallest absolute Gasteiger partial charge is 0.296 e. The Morgan fingerprint density at radius 2 is 1.97 bits per heavy atom. The van der Waals surface area contributed by atoms with Gasteiger partial charge in [-0.3, -0.25) is 14.5 Å². The predicted molar refractivity (Wildman–Crippen MR) is 122 cm³/mol. The number of fused-ring (bicyclic) bond motifs is 2. The number of rotatable bonds is 5. The second-order valence-electron chi connectivity index (χ2n) is 7.56. The average Bonchev–Trinajstić information content (AvgIpc) is 3.11. The maximum Gasteiger partial charge on any atom is 0.296 e. The average molecular weight is 424 g/mol. The van der Waals surface area contributed by atoms with Crippen molar-refractivity contribution in [2.24, 2.45) is 0 Å². The van der Waals surface area contributed by atoms with Crippen molar-refractivity contribution in [3.05, 3.63) is 112 Å². The molecule has 158 valence electrons. The SMILES string of the molecule is C=CCOc1cccc(C2c3c(oc4ccccc4c3=O)C(=O)N2c2ncccc2C)c1. The van der Waals surface area contributed by atoms with Crippen molar-refractivity contribution in [2.75, 3.05) is 11.5 Å². The van der Waals surface area contributed by atoms with Crippen molar-refractivity contribution in [1.82, 2.24) is 4.98 Å². The number of carbonyl (C=O) groups is 1. The van der Waals surface area contributed by atoms with E-state index in [1.807, 2.05) is 43.3 Å². The highest BCUT2D eigenvalue weighted by molar-refractivity contribution is 6.10. The minimum absolute atomic E-state index is 0.0427. The fourth-order valence-electron chi connectivity index (χ4n) is 4.11. The first-order chi connectivity index (χ1) is 15.6. The Morgan fingerprint density at radius 1 is 1.12 bits per heavy atom. The van der Waals surface area contributed by atoms with Gasteiger partial charge in [0.2, 0.25) is 5.76 Å². The Hall–Kier alpha value is -4.19. The first-order valence-electron chi connectivity index (χ1n) is 10.2. The van der Waals surface area contributed by atoms with Crippen LogP contribution in [-0.4, -0.2) is 17.5 Å². The number of anilines is 1. The van der Waals surface area contributed by atoms with E-state index in [1.54, 1.807) is 36.5 Å². The number of aromatic nitrogens is 1. The highest BCUT2D eigenvalue weighted by Crippen LogP contribution is 2.42. The second kappa shape index (κ2) is 7.81. The molecular formula is C26H20N2O4. The Kier molecular flexibility index (Phi) is 4.82. The van der Waals surface area contributed by atoms with Gasteiger partial charge in [-0.2, -0.15) is 0 Å². The Labute approximate surface area is 184 Å². The number of pyridine rings is 1. The zero-order valence-corrected chi connectivity index (χ0v) is 17.4. The van der Waals surface area contributed by atoms with Gasteiger partial charge in [-0.15, -0.1) is 0 Å². The molecule has 1 amide bonds. The van der Waals surface area contributed by atoms with Crippen LogP contribution >= 0.6 is 0 Å². The first kappa shape index (κ1) is 19.8. The van der Waals surface area contributed by atoms with Crippen molar-refractivity contribution >= 4 is 22.7 Å². The van der Waals surface area contributed by atoms with Gasteiger partial charge in [-0.05, 0) is 48.4 Å². The third kappa shape index (κ3) is 3.08. The van der Waals surface area contributed by atoms with Crippen LogP contribution in [0.25, 0.3) is 11.0 Å². The molecule has 6 nitrogen and oxygen atoms in total. The molecule has 5 rings (SSSR count). The summed E-state index contributed by atoms with van der Waals surface area (Å²) in [4.78, 5) is 33.2. The third-order valence-electron chi connectivity index (χ3n) is 5.53. The molecule has 2 aromatic heterocycles. The lowest BCUT2D eigenvalue weighted by atomic mass is 9.98. The van der Waals surface area contributed by atoms with Crippen molar-refractivity contribution in [3.8, 4) is 5.75 Å². The lowest BCUT2D eigenvalue weighted by Crippen LogP contribution is -2.30. The number of aryl methyl sites for hydroxylation is 1. The summed E-state index contributed by atoms with van der Waals surface area (Å²) in [7, 11) is 0. The van der Waals surface area contributed by atoms with E-state index in [2.05, 4.69) is 11.6 Å². The van der Waals surface area contributed by atoms with Crippen LogP contribution in [0.1, 0.15) is 33.3 Å². The summed E-state index contributed by atoms with van der Waals surface area (Å²) in [6.07, 6.45) is 3.29. The van der Waals surface area contributed by atoms with E-state index in [0.29, 0.717) is 34.7 Å². The van der Waals surface area contributed by atoms with Gasteiger partial charge in [0.25, 0.3) is 5.91 Å². The molecule has 0 radical (unpaired) electrons. The normalized spacial score (nSPS) is 15.1. The Balaban J connectivity index is 1.78. The molecular weight excluding hydrogens is 404 g/mol. The highest BCUT2D eigenvalue weighted by atomic mass is 16.5. The molecule has 0 saturated heterocycles. The molecule has 1 unspecified atom stereocenters. The van der Waals surface area contributed by atoms with E-state index in [4.69, 9.17) is 9.15 Å². The maximum absolute atomic E-state index is 13.6. The van der Waals surface area contributed by atoms with Gasteiger partial charge in [-0.1, -0.05) is 43.0 Å². The summed E-state index contributed by atoms with van der Waals surface area (Å²) in [5.74, 6) is 0.745. The third-order valence-corrected chi connectivity index (χ3v) is 5.53. The van der Waals surface area contributed by atoms with Crippen molar-refractivity contribution in [2.45, 2.75) is 13.0 Å². The largest absolute Gasteiger partial charge is 0.490 e. The fraction of sp³-hybridized carbons (Fsp3) is 0.115. The van der Waals surface area contributed by atoms with E-state index in [9.17, 15) is 9.59 Å². The molecule has 1 aliphatic rings. The summed E-state index contributed by atoms with van der Waals surface area (Å²) in [5, 5.41) is 0.433. The molecule has 3 heterocycles. The number of hydrogen-bond donors (Lipinski definition) is 0. The molecule has 1 atom stereocenters. The minimum atomic E-state index is -0.695. The lowest BCUT2D eigenvalue weighted by Gasteiger charge is -2.25. The molecule has 0 spiro atoms. The van der Waals surface area contributed by atoms with Crippen molar-refractivity contribution < 1.29 is 13.9 Å². The number of amides is 1. The molecule has 1 aliphatic heterocycles. The number of benzene rings is 2. The van der Waals surface area contributed by atoms with Gasteiger partial charge >= 0.3 is 0 Å². The zero-order chi connectivity index (χ0) is 22.2. The van der Waals surface area contributed by atoms with E-state index in [0.717, 1.165) is 11.1 Å². The quantitative estimate of drug-likeness (QED) is 0.430. The van der Waals surface area contributed by atoms with Gasteiger partial charge in [0.15, 0.2) is 5.43 Å². The summed E-state index contributed by atoms with van der Waals surface area (Å²) in [6.45, 7) is 5.90. The number of ether oxygens (including phenoxy) is 1. The second-order valence-corrected chi connectivity index (χ2v) is 7.56. The van der Waals surface area contributed by atoms with E-state index in [1.165, 1.54) is 4.90 Å². The van der Waals surface area contributed by atoms with Crippen LogP contribution in [0, 0.1) is 6.92 Å². The summed E-state index contributed by atoms with van der Waals surface area (Å²) >= 11 is 0. The van der Waals surface area contributed by atoms with Gasteiger partial charge < -0.3 is 9.15 Å². The molecule has 0 aliphatic carbocycles. The molecule has 4 aromatic rings. The molecule has 0 fully saturated rings. The summed E-state index contributed by atoms with van der Waals surface area (Å²) in [5.41, 5.74) is 2.00. The molecule has 32 heavy (non-hydrogen) atoms. The van der Waals surface area contributed by atoms with Crippen LogP contribution in [0.15, 0.2) is 88.7 Å². The predicted octanol–water partition coefficient (Wildman–Crippen LogP) is 4.81. The van der Waals surface area contributed by atoms with Crippen LogP contribution < -0.4 is 15.1 Å². The van der Waals surface area contributed by atoms with Crippen LogP contribution in [0.5, 0.6) is 5.75 Å². The topological polar surface area (TPSA) is 72.6 Å². The van der Waals surface area contributed by atoms with E-state index in [-0.39, 0.29) is 11.2 Å². The maximum atomic E-state index is 13.6. The molecule has 0 bridgehead atoms. The Morgan fingerprint density at radius 3 is 2.78 bits per heavy atom. The van der Waals surface area contributed by atoms with Crippen molar-refractivity contribution in [3.63, 3.8) is 0 Å². The van der Waals surface area contributed by atoms with Gasteiger partial charge in [-0.25, -0.2) is 4.98 Å². The molecule has 0 saturated carbocycles. The number of para-hydroxylation sites is 1. The molecule has 2 aromatic carbocycles. The zero-order valence-electron chi connectivity index (χ0n) is 17.4. The number of carbonyl (C=O) groups excluding carboxylic acids is 1. The highest BCUT2D eigenvalue weighted by Gasteiger charge is 2.44. The molecule has 0 N–H and O–H groups in total. The number of nitrogens with zero attached hydrogens (tertiary/aromatic N) is 2. The van der Waals surface area contributed by atoms with E-state index >= 15 is 0 Å². The lowest BCUT2D eigenvalue weighted by molar-refractivity contribution is 0.0970. The van der Waals surface area contributed by atoms with Gasteiger partial charge in [0.05, 0.1) is 17.0 Å². The Bertz CT molecular complexity index is 1420. The number of hydrogen-bond acceptors (Lipinski definition) is 5. The van der Waals surface area contributed by atoms with Gasteiger partial charge in [0, 0.05) is 6.20 Å². The van der Waals surface area contributed by atoms with Crippen LogP contribution in [-0.2, 0) is 0 Å². The standard InChI is InChI=1S/C26H20N2O4/c1-3-14-31-18-10-6-9-17(15-18)22-21-23(29)19-11-4-5-12-20(19)32-24(21)26(30)28(22)25-16(2)8-7-13-27-25/h3-13,15,22H,1,14H2,2H3. The van der Waals surface area contributed by atoms with Crippen LogP contribution in [0.4, 0.5) is 5.82 Å². The fourth-order valence-corrected chi connectivity index (χ4v) is 4.11. The van der Waals surface area contributed by atoms with Crippen molar-refractivity contribution in [1.29, 1.82) is 0 Å². The summed E-state index contributed by atoms with van der Waals surface area (Å²) in [6, 6.07) is 17.3. The molecule has 6 heteroatoms. The minimum Gasteiger partial charge on any atom is -0.490 e. The van der Waals surface area contributed by atoms with Gasteiger partial charge in [0.1, 0.15) is 23.8 Å². The summed E-state index contributed by atoms with van der Waals surface area (Å²) < 4.78 is 11.7. The van der Waals surface area contributed by atoms with E-state index < -0.39 is 11.9 Å².